The molecule has 7 aromatic rings. The van der Waals surface area contributed by atoms with Gasteiger partial charge in [0.1, 0.15) is 0 Å². The van der Waals surface area contributed by atoms with Crippen molar-refractivity contribution in [1.82, 2.24) is 4.98 Å². The van der Waals surface area contributed by atoms with Crippen molar-refractivity contribution in [2.75, 3.05) is 4.90 Å². The Kier molecular flexibility index (Phi) is 4.78. The Morgan fingerprint density at radius 1 is 0.583 bits per heavy atom. The molecule has 0 N–H and O–H groups in total. The molecule has 5 aromatic carbocycles. The first-order valence-electron chi connectivity index (χ1n) is 12.1. The molecular formula is C33H22N2O. The van der Waals surface area contributed by atoms with Crippen LogP contribution in [0.1, 0.15) is 0 Å². The Bertz CT molecular complexity index is 1820. The van der Waals surface area contributed by atoms with Crippen LogP contribution in [0.4, 0.5) is 17.1 Å². The van der Waals surface area contributed by atoms with Gasteiger partial charge < -0.3 is 9.32 Å². The average Bonchev–Trinajstić information content (AvgIpc) is 3.35. The summed E-state index contributed by atoms with van der Waals surface area (Å²) in [5.74, 6) is 0. The summed E-state index contributed by atoms with van der Waals surface area (Å²) >= 11 is 0. The van der Waals surface area contributed by atoms with Gasteiger partial charge in [-0.25, -0.2) is 0 Å². The predicted molar refractivity (Wildman–Crippen MR) is 149 cm³/mol. The van der Waals surface area contributed by atoms with E-state index in [4.69, 9.17) is 4.42 Å². The molecule has 170 valence electrons. The van der Waals surface area contributed by atoms with Gasteiger partial charge in [0.05, 0.1) is 11.9 Å². The van der Waals surface area contributed by atoms with Crippen LogP contribution in [-0.2, 0) is 0 Å². The predicted octanol–water partition coefficient (Wildman–Crippen LogP) is 9.27. The first kappa shape index (κ1) is 20.5. The van der Waals surface area contributed by atoms with Gasteiger partial charge in [0, 0.05) is 28.3 Å². The largest absolute Gasteiger partial charge is 0.452 e. The van der Waals surface area contributed by atoms with Crippen LogP contribution in [0.5, 0.6) is 0 Å². The van der Waals surface area contributed by atoms with E-state index in [1.807, 2.05) is 24.4 Å². The molecule has 7 rings (SSSR count). The lowest BCUT2D eigenvalue weighted by molar-refractivity contribution is 0.667. The Balaban J connectivity index is 1.51. The van der Waals surface area contributed by atoms with Gasteiger partial charge in [-0.15, -0.1) is 0 Å². The maximum atomic E-state index is 6.50. The van der Waals surface area contributed by atoms with E-state index in [0.717, 1.165) is 39.0 Å². The number of aromatic nitrogens is 1. The van der Waals surface area contributed by atoms with E-state index in [1.165, 1.54) is 21.9 Å². The summed E-state index contributed by atoms with van der Waals surface area (Å²) in [5.41, 5.74) is 7.17. The van der Waals surface area contributed by atoms with Crippen LogP contribution in [0.2, 0.25) is 0 Å². The van der Waals surface area contributed by atoms with Crippen LogP contribution in [0, 0.1) is 0 Å². The highest BCUT2D eigenvalue weighted by molar-refractivity contribution is 6.22. The fraction of sp³-hybridized carbons (Fsp3) is 0. The van der Waals surface area contributed by atoms with Crippen molar-refractivity contribution in [2.24, 2.45) is 0 Å². The molecule has 0 spiro atoms. The fourth-order valence-corrected chi connectivity index (χ4v) is 5.07. The maximum absolute atomic E-state index is 6.50. The lowest BCUT2D eigenvalue weighted by Crippen LogP contribution is -2.10. The molecular weight excluding hydrogens is 440 g/mol. The Morgan fingerprint density at radius 2 is 1.25 bits per heavy atom. The van der Waals surface area contributed by atoms with E-state index in [0.29, 0.717) is 0 Å². The van der Waals surface area contributed by atoms with Gasteiger partial charge in [0.2, 0.25) is 0 Å². The lowest BCUT2D eigenvalue weighted by atomic mass is 10.0. The minimum absolute atomic E-state index is 0.789. The molecule has 0 saturated carbocycles. The zero-order valence-corrected chi connectivity index (χ0v) is 19.5. The van der Waals surface area contributed by atoms with Gasteiger partial charge in [-0.1, -0.05) is 84.9 Å². The SMILES string of the molecule is c1ccc(-c2ccc(N(c3ccccc3)c3cc4ccccc4c4c3oc3cnccc34)cc2)cc1. The van der Waals surface area contributed by atoms with Crippen molar-refractivity contribution in [2.45, 2.75) is 0 Å². The van der Waals surface area contributed by atoms with E-state index in [1.54, 1.807) is 6.20 Å². The van der Waals surface area contributed by atoms with E-state index < -0.39 is 0 Å². The van der Waals surface area contributed by atoms with Crippen molar-refractivity contribution in [3.8, 4) is 11.1 Å². The summed E-state index contributed by atoms with van der Waals surface area (Å²) in [4.78, 5) is 6.59. The molecule has 0 bridgehead atoms. The Morgan fingerprint density at radius 3 is 2.06 bits per heavy atom. The van der Waals surface area contributed by atoms with Gasteiger partial charge in [0.25, 0.3) is 0 Å². The summed E-state index contributed by atoms with van der Waals surface area (Å²) in [7, 11) is 0. The van der Waals surface area contributed by atoms with Crippen LogP contribution in [0.3, 0.4) is 0 Å². The average molecular weight is 463 g/mol. The first-order chi connectivity index (χ1) is 17.9. The second-order valence-electron chi connectivity index (χ2n) is 8.88. The quantitative estimate of drug-likeness (QED) is 0.261. The van der Waals surface area contributed by atoms with Gasteiger partial charge >= 0.3 is 0 Å². The van der Waals surface area contributed by atoms with Crippen molar-refractivity contribution in [1.29, 1.82) is 0 Å². The molecule has 3 nitrogen and oxygen atoms in total. The molecule has 0 unspecified atom stereocenters. The Hall–Kier alpha value is -4.89. The van der Waals surface area contributed by atoms with Crippen molar-refractivity contribution in [3.63, 3.8) is 0 Å². The molecule has 36 heavy (non-hydrogen) atoms. The number of rotatable bonds is 4. The van der Waals surface area contributed by atoms with Crippen LogP contribution < -0.4 is 4.90 Å². The highest BCUT2D eigenvalue weighted by Crippen LogP contribution is 2.45. The topological polar surface area (TPSA) is 29.3 Å². The molecule has 0 aliphatic carbocycles. The van der Waals surface area contributed by atoms with Crippen molar-refractivity contribution in [3.05, 3.63) is 134 Å². The smallest absolute Gasteiger partial charge is 0.160 e. The molecule has 0 atom stereocenters. The van der Waals surface area contributed by atoms with E-state index in [-0.39, 0.29) is 0 Å². The number of para-hydroxylation sites is 1. The molecule has 2 heterocycles. The third-order valence-corrected chi connectivity index (χ3v) is 6.74. The zero-order chi connectivity index (χ0) is 23.9. The number of benzene rings is 5. The van der Waals surface area contributed by atoms with Gasteiger partial charge in [-0.3, -0.25) is 4.98 Å². The number of hydrogen-bond donors (Lipinski definition) is 0. The summed E-state index contributed by atoms with van der Waals surface area (Å²) in [6.07, 6.45) is 3.63. The number of hydrogen-bond acceptors (Lipinski definition) is 3. The molecule has 2 aromatic heterocycles. The summed E-state index contributed by atoms with van der Waals surface area (Å²) in [6, 6.07) is 42.4. The molecule has 0 saturated heterocycles. The number of pyridine rings is 1. The second kappa shape index (κ2) is 8.40. The minimum Gasteiger partial charge on any atom is -0.452 e. The highest BCUT2D eigenvalue weighted by Gasteiger charge is 2.21. The summed E-state index contributed by atoms with van der Waals surface area (Å²) < 4.78 is 6.50. The number of furan rings is 1. The second-order valence-corrected chi connectivity index (χ2v) is 8.88. The van der Waals surface area contributed by atoms with Crippen LogP contribution in [-0.4, -0.2) is 4.98 Å². The number of anilines is 3. The zero-order valence-electron chi connectivity index (χ0n) is 19.5. The molecule has 0 aliphatic rings. The number of fused-ring (bicyclic) bond motifs is 5. The lowest BCUT2D eigenvalue weighted by Gasteiger charge is -2.26. The van der Waals surface area contributed by atoms with Crippen molar-refractivity contribution < 1.29 is 4.42 Å². The molecule has 0 radical (unpaired) electrons. The fourth-order valence-electron chi connectivity index (χ4n) is 5.07. The number of nitrogens with zero attached hydrogens (tertiary/aromatic N) is 2. The van der Waals surface area contributed by atoms with Crippen LogP contribution in [0.25, 0.3) is 43.8 Å². The third-order valence-electron chi connectivity index (χ3n) is 6.74. The van der Waals surface area contributed by atoms with Gasteiger partial charge in [0.15, 0.2) is 11.2 Å². The van der Waals surface area contributed by atoms with Crippen molar-refractivity contribution >= 4 is 49.8 Å². The van der Waals surface area contributed by atoms with E-state index in [2.05, 4.69) is 113 Å². The molecule has 0 amide bonds. The molecule has 3 heteroatoms. The standard InChI is InChI=1S/C33H22N2O/c1-3-9-23(10-4-1)24-15-17-27(18-16-24)35(26-12-5-2-6-13-26)30-21-25-11-7-8-14-28(25)32-29-19-20-34-22-31(29)36-33(30)32/h1-22H. The third kappa shape index (κ3) is 3.33. The maximum Gasteiger partial charge on any atom is 0.160 e. The monoisotopic (exact) mass is 462 g/mol. The molecule has 0 aliphatic heterocycles. The van der Waals surface area contributed by atoms with Gasteiger partial charge in [-0.05, 0) is 58.3 Å². The van der Waals surface area contributed by atoms with E-state index >= 15 is 0 Å². The minimum atomic E-state index is 0.789. The normalized spacial score (nSPS) is 11.3. The Labute approximate surface area is 208 Å². The van der Waals surface area contributed by atoms with Crippen LogP contribution >= 0.6 is 0 Å². The van der Waals surface area contributed by atoms with Crippen LogP contribution in [0.15, 0.2) is 138 Å². The van der Waals surface area contributed by atoms with Gasteiger partial charge in [-0.2, -0.15) is 0 Å². The first-order valence-corrected chi connectivity index (χ1v) is 12.1. The van der Waals surface area contributed by atoms with E-state index in [9.17, 15) is 0 Å². The molecule has 0 fully saturated rings. The summed E-state index contributed by atoms with van der Waals surface area (Å²) in [5, 5.41) is 4.53. The highest BCUT2D eigenvalue weighted by atomic mass is 16.3. The summed E-state index contributed by atoms with van der Waals surface area (Å²) in [6.45, 7) is 0.